The van der Waals surface area contributed by atoms with Gasteiger partial charge in [-0.3, -0.25) is 24.0 Å². The summed E-state index contributed by atoms with van der Waals surface area (Å²) in [5.41, 5.74) is 21.0. The van der Waals surface area contributed by atoms with E-state index in [9.17, 15) is 38.4 Å². The number of ether oxygens (including phenoxy) is 3. The Balaban J connectivity index is 0.000000551. The summed E-state index contributed by atoms with van der Waals surface area (Å²) in [6, 6.07) is 0. The normalized spacial score (nSPS) is 17.7. The zero-order valence-electron chi connectivity index (χ0n) is 68.2. The molecule has 16 N–H and O–H groups in total. The van der Waals surface area contributed by atoms with Crippen molar-refractivity contribution in [3.63, 3.8) is 0 Å². The Morgan fingerprint density at radius 2 is 0.620 bits per heavy atom. The van der Waals surface area contributed by atoms with E-state index in [2.05, 4.69) is 37.2 Å². The maximum atomic E-state index is 12.8. The molecule has 0 radical (unpaired) electrons. The number of hydrogen-bond donors (Lipinski definition) is 12. The average Bonchev–Trinajstić information content (AvgIpc) is 0.866. The number of aliphatic carboxylic acids is 1. The van der Waals surface area contributed by atoms with Crippen LogP contribution in [-0.2, 0) is 38.2 Å². The van der Waals surface area contributed by atoms with Gasteiger partial charge in [-0.05, 0) is 234 Å². The van der Waals surface area contributed by atoms with Gasteiger partial charge in [-0.2, -0.15) is 47.0 Å². The van der Waals surface area contributed by atoms with E-state index >= 15 is 0 Å². The Bertz CT molecular complexity index is 2400. The number of carbonyl (C=O) groups excluding carboxylic acids is 7. The lowest BCUT2D eigenvalue weighted by atomic mass is 9.71. The number of carbonyl (C=O) groups is 8. The van der Waals surface area contributed by atoms with Crippen LogP contribution in [0.25, 0.3) is 0 Å². The maximum absolute atomic E-state index is 12.8. The first kappa shape index (κ1) is 101. The van der Waals surface area contributed by atoms with Crippen LogP contribution in [0.2, 0.25) is 0 Å². The molecule has 0 atom stereocenters. The summed E-state index contributed by atoms with van der Waals surface area (Å²) in [5, 5.41) is 32.0. The smallest absolute Gasteiger partial charge is 0.407 e. The summed E-state index contributed by atoms with van der Waals surface area (Å²) in [7, 11) is 3.80. The van der Waals surface area contributed by atoms with Gasteiger partial charge in [0.25, 0.3) is 0 Å². The molecule has 5 saturated carbocycles. The number of rotatable bonds is 46. The third kappa shape index (κ3) is 51.0. The first-order chi connectivity index (χ1) is 51.5. The number of amides is 7. The Morgan fingerprint density at radius 3 is 0.870 bits per heavy atom. The fourth-order valence-electron chi connectivity index (χ4n) is 14.6. The second-order valence-corrected chi connectivity index (χ2v) is 41.0. The van der Waals surface area contributed by atoms with Gasteiger partial charge in [0.1, 0.15) is 11.2 Å². The fraction of sp³-hybridized carbons (Fsp3) is 0.899. The van der Waals surface area contributed by atoms with Crippen LogP contribution in [-0.4, -0.2) is 187 Å². The molecule has 23 nitrogen and oxygen atoms in total. The highest BCUT2D eigenvalue weighted by Gasteiger charge is 2.39. The van der Waals surface area contributed by atoms with Crippen LogP contribution in [0.1, 0.15) is 287 Å². The monoisotopic (exact) mass is 1640 g/mol. The zero-order valence-corrected chi connectivity index (χ0v) is 73.1. The van der Waals surface area contributed by atoms with Gasteiger partial charge in [-0.25, -0.2) is 14.4 Å². The van der Waals surface area contributed by atoms with Crippen molar-refractivity contribution in [1.29, 1.82) is 0 Å². The maximum Gasteiger partial charge on any atom is 0.407 e. The summed E-state index contributed by atoms with van der Waals surface area (Å²) in [4.78, 5) is 96.9. The third-order valence-electron chi connectivity index (χ3n) is 20.5. The molecule has 0 spiro atoms. The second kappa shape index (κ2) is 58.9. The molecule has 5 fully saturated rings. The van der Waals surface area contributed by atoms with Crippen molar-refractivity contribution >= 4 is 117 Å². The summed E-state index contributed by atoms with van der Waals surface area (Å²) in [5.74, 6) is 6.11. The Hall–Kier alpha value is -2.90. The van der Waals surface area contributed by atoms with Gasteiger partial charge in [-0.1, -0.05) is 118 Å². The largest absolute Gasteiger partial charge is 0.481 e. The molecule has 7 amide bonds. The van der Waals surface area contributed by atoms with Crippen molar-refractivity contribution in [1.82, 2.24) is 37.2 Å². The summed E-state index contributed by atoms with van der Waals surface area (Å²) in [6.07, 6.45) is 34.0. The topological polar surface area (TPSA) is 373 Å². The minimum absolute atomic E-state index is 0.0505. The van der Waals surface area contributed by atoms with Crippen LogP contribution in [0.5, 0.6) is 0 Å². The predicted octanol–water partition coefficient (Wildman–Crippen LogP) is 14.8. The number of nitrogens with two attached hydrogens (primary N) is 4. The molecule has 0 aliphatic heterocycles. The van der Waals surface area contributed by atoms with Crippen molar-refractivity contribution in [3.8, 4) is 0 Å². The highest BCUT2D eigenvalue weighted by atomic mass is 33.1. The standard InChI is InChI=1S/C34H62N4O6S2.C25H48N4O2S2.C14H25NO4.C6H16N2S2/c1-27(2)43-30(41)37-24-33(14-8-6-9-15-33)22-28(39)35-18-12-20-45-26-46-21-13-19-36-29(40)23-34(16-10-7-11-17-34)25-38-31(42)44-32(3,4)5;26-19-24(9-3-1-4-10-24)17-22(30)28-13-7-15-32-21-33-16-8-14-29-23(31)18-25(20-27)11-5-2-6-12-25;1-13(2,3)19-12(18)15-10-14(9-11(16)17)7-5-4-6-8-14;7-3-1-5-9-10-6-2-4-8/h27H,6-26H2,1-5H3,(H,35,39)(H,36,40)(H,37,41)(H,38,42);1-21,26-27H2,(H,28,30)(H,29,31);4-10H2,1-3H3,(H,15,18)(H,16,17);1-8H2. The van der Waals surface area contributed by atoms with Gasteiger partial charge in [-0.15, -0.1) is 0 Å². The molecule has 0 aromatic heterocycles. The van der Waals surface area contributed by atoms with Crippen LogP contribution < -0.4 is 60.2 Å². The molecule has 5 aliphatic rings. The van der Waals surface area contributed by atoms with Gasteiger partial charge in [0.05, 0.1) is 12.5 Å². The number of hydrogen-bond acceptors (Lipinski definition) is 21. The average molecular weight is 1640 g/mol. The minimum Gasteiger partial charge on any atom is -0.481 e. The summed E-state index contributed by atoms with van der Waals surface area (Å²) in [6.45, 7) is 21.7. The molecule has 0 bridgehead atoms. The fourth-order valence-corrected chi connectivity index (χ4v) is 21.1. The summed E-state index contributed by atoms with van der Waals surface area (Å²) >= 11 is 7.59. The SMILES string of the molecule is CC(C)(C)OC(=O)NCC1(CC(=O)O)CCCCC1.CC(C)OC(=O)NCC1(CC(=O)NCCCSCSCCCNC(=O)CC2(CNC(=O)OC(C)(C)C)CCCCC2)CCCCC1.NCC1(CC(=O)NCCCSCSCCCNC(=O)CC2(CN)CCCCC2)CCCCC1.NCCCSSCCCN. The molecule has 0 aromatic rings. The number of carboxylic acids is 1. The van der Waals surface area contributed by atoms with E-state index in [1.54, 1.807) is 20.8 Å². The summed E-state index contributed by atoms with van der Waals surface area (Å²) < 4.78 is 15.8. The van der Waals surface area contributed by atoms with Crippen molar-refractivity contribution < 1.29 is 57.7 Å². The highest BCUT2D eigenvalue weighted by molar-refractivity contribution is 8.76. The molecular weight excluding hydrogens is 1490 g/mol. The molecule has 0 unspecified atom stereocenters. The molecular formula is C79H151N11O12S6. The molecule has 0 aromatic carbocycles. The molecule has 0 saturated heterocycles. The number of carboxylic acid groups (broad SMARTS) is 1. The third-order valence-corrected chi connectivity index (χ3v) is 28.1. The van der Waals surface area contributed by atoms with Gasteiger partial charge in [0.2, 0.25) is 23.6 Å². The van der Waals surface area contributed by atoms with Crippen LogP contribution in [0.4, 0.5) is 14.4 Å². The Labute approximate surface area is 677 Å². The van der Waals surface area contributed by atoms with Crippen LogP contribution in [0.15, 0.2) is 0 Å². The van der Waals surface area contributed by atoms with E-state index in [0.29, 0.717) is 71.5 Å². The lowest BCUT2D eigenvalue weighted by Gasteiger charge is -2.37. The van der Waals surface area contributed by atoms with Crippen LogP contribution in [0, 0.1) is 27.1 Å². The zero-order chi connectivity index (χ0) is 79.9. The van der Waals surface area contributed by atoms with Gasteiger partial charge in [0, 0.05) is 93.2 Å². The number of nitrogens with one attached hydrogen (secondary N) is 7. The first-order valence-corrected chi connectivity index (χ1v) is 48.1. The van der Waals surface area contributed by atoms with E-state index in [1.807, 2.05) is 103 Å². The van der Waals surface area contributed by atoms with E-state index in [-0.39, 0.29) is 63.2 Å². The van der Waals surface area contributed by atoms with Gasteiger partial charge >= 0.3 is 24.2 Å². The van der Waals surface area contributed by atoms with E-state index < -0.39 is 35.5 Å². The van der Waals surface area contributed by atoms with E-state index in [4.69, 9.17) is 42.3 Å². The highest BCUT2D eigenvalue weighted by Crippen LogP contribution is 2.43. The Morgan fingerprint density at radius 1 is 0.361 bits per heavy atom. The van der Waals surface area contributed by atoms with Crippen molar-refractivity contribution in [2.24, 2.45) is 50.0 Å². The quantitative estimate of drug-likeness (QED) is 0.0117. The van der Waals surface area contributed by atoms with Crippen molar-refractivity contribution in [2.45, 2.75) is 304 Å². The van der Waals surface area contributed by atoms with E-state index in [0.717, 1.165) is 207 Å². The number of alkyl carbamates (subject to hydrolysis) is 3. The van der Waals surface area contributed by atoms with Crippen LogP contribution >= 0.6 is 68.6 Å². The van der Waals surface area contributed by atoms with Crippen LogP contribution in [0.3, 0.4) is 0 Å². The van der Waals surface area contributed by atoms with Crippen molar-refractivity contribution in [2.75, 3.05) is 117 Å². The lowest BCUT2D eigenvalue weighted by molar-refractivity contribution is -0.140. The van der Waals surface area contributed by atoms with Gasteiger partial charge < -0.3 is 79.5 Å². The second-order valence-electron chi connectivity index (χ2n) is 33.1. The first-order valence-electron chi connectivity index (χ1n) is 41.0. The molecule has 0 heterocycles. The molecule has 29 heteroatoms. The van der Waals surface area contributed by atoms with E-state index in [1.165, 1.54) is 62.9 Å². The van der Waals surface area contributed by atoms with Crippen molar-refractivity contribution in [3.05, 3.63) is 0 Å². The lowest BCUT2D eigenvalue weighted by Crippen LogP contribution is -2.44. The molecule has 5 aliphatic carbocycles. The molecule has 630 valence electrons. The predicted molar refractivity (Wildman–Crippen MR) is 457 cm³/mol. The minimum atomic E-state index is -0.798. The van der Waals surface area contributed by atoms with Gasteiger partial charge in [0.15, 0.2) is 0 Å². The molecule has 5 rings (SSSR count). The Kier molecular flexibility index (Phi) is 55.1. The number of thioether (sulfide) groups is 4. The molecule has 108 heavy (non-hydrogen) atoms.